The van der Waals surface area contributed by atoms with Crippen LogP contribution in [0.5, 0.6) is 0 Å². The van der Waals surface area contributed by atoms with E-state index in [9.17, 15) is 9.59 Å². The van der Waals surface area contributed by atoms with Gasteiger partial charge in [-0.3, -0.25) is 4.79 Å². The zero-order chi connectivity index (χ0) is 19.5. The van der Waals surface area contributed by atoms with Crippen LogP contribution >= 0.6 is 12.6 Å². The Kier molecular flexibility index (Phi) is 17.3. The van der Waals surface area contributed by atoms with Crippen LogP contribution in [0.4, 0.5) is 0 Å². The monoisotopic (exact) mass is 381 g/mol. The number of thiol groups is 1. The fourth-order valence-electron chi connectivity index (χ4n) is 2.36. The van der Waals surface area contributed by atoms with E-state index in [0.717, 1.165) is 51.4 Å². The van der Waals surface area contributed by atoms with Gasteiger partial charge in [-0.1, -0.05) is 62.6 Å². The first-order valence-corrected chi connectivity index (χ1v) is 10.3. The molecule has 0 aromatic rings. The van der Waals surface area contributed by atoms with Crippen molar-refractivity contribution in [2.24, 2.45) is 0 Å². The molecule has 0 fully saturated rings. The smallest absolute Gasteiger partial charge is 0.327 e. The number of amides is 1. The first-order chi connectivity index (χ1) is 12.6. The van der Waals surface area contributed by atoms with Crippen molar-refractivity contribution in [3.8, 4) is 0 Å². The zero-order valence-electron chi connectivity index (χ0n) is 16.0. The maximum atomic E-state index is 11.6. The molecule has 2 N–H and O–H groups in total. The molecule has 4 nitrogen and oxygen atoms in total. The molecule has 26 heavy (non-hydrogen) atoms. The number of carbonyl (C=O) groups is 2. The third-order valence-corrected chi connectivity index (χ3v) is 4.24. The molecular formula is C21H35NO3S. The number of carbonyl (C=O) groups excluding carboxylic acids is 1. The first kappa shape index (κ1) is 24.5. The van der Waals surface area contributed by atoms with Crippen molar-refractivity contribution >= 4 is 24.5 Å². The van der Waals surface area contributed by atoms with Crippen molar-refractivity contribution in [2.75, 3.05) is 5.75 Å². The molecule has 0 unspecified atom stereocenters. The van der Waals surface area contributed by atoms with Crippen LogP contribution in [0.3, 0.4) is 0 Å². The molecule has 0 aromatic heterocycles. The summed E-state index contributed by atoms with van der Waals surface area (Å²) in [5, 5.41) is 11.3. The van der Waals surface area contributed by atoms with Gasteiger partial charge >= 0.3 is 5.97 Å². The van der Waals surface area contributed by atoms with Gasteiger partial charge in [0.1, 0.15) is 6.04 Å². The first-order valence-electron chi connectivity index (χ1n) is 9.69. The molecule has 1 amide bonds. The second-order valence-electron chi connectivity index (χ2n) is 6.24. The molecule has 0 aromatic carbocycles. The molecule has 0 rings (SSSR count). The lowest BCUT2D eigenvalue weighted by Crippen LogP contribution is -2.42. The molecule has 148 valence electrons. The summed E-state index contributed by atoms with van der Waals surface area (Å²) >= 11 is 3.92. The Balaban J connectivity index is 3.48. The third-order valence-electron chi connectivity index (χ3n) is 3.87. The summed E-state index contributed by atoms with van der Waals surface area (Å²) in [6.45, 7) is 2.14. The number of carboxylic acids is 1. The average Bonchev–Trinajstić information content (AvgIpc) is 2.62. The van der Waals surface area contributed by atoms with Crippen molar-refractivity contribution in [2.45, 2.75) is 77.2 Å². The minimum Gasteiger partial charge on any atom is -0.480 e. The van der Waals surface area contributed by atoms with Crippen molar-refractivity contribution in [1.29, 1.82) is 0 Å². The number of carboxylic acid groups (broad SMARTS) is 1. The van der Waals surface area contributed by atoms with E-state index in [1.54, 1.807) is 0 Å². The fourth-order valence-corrected chi connectivity index (χ4v) is 2.60. The van der Waals surface area contributed by atoms with Gasteiger partial charge < -0.3 is 10.4 Å². The van der Waals surface area contributed by atoms with Crippen LogP contribution in [0, 0.1) is 0 Å². The Morgan fingerprint density at radius 3 is 2.12 bits per heavy atom. The molecule has 0 aliphatic rings. The number of unbranched alkanes of at least 4 members (excludes halogenated alkanes) is 5. The Morgan fingerprint density at radius 2 is 1.50 bits per heavy atom. The highest BCUT2D eigenvalue weighted by molar-refractivity contribution is 7.80. The van der Waals surface area contributed by atoms with E-state index in [2.05, 4.69) is 61.3 Å². The molecule has 0 saturated heterocycles. The number of hydrogen-bond acceptors (Lipinski definition) is 3. The zero-order valence-corrected chi connectivity index (χ0v) is 16.9. The SMILES string of the molecule is CC/C=C\C/C=C\C/C=C\CCCCCCCC(=O)N[C@@H](CS)C(=O)O. The molecular weight excluding hydrogens is 346 g/mol. The average molecular weight is 382 g/mol. The maximum Gasteiger partial charge on any atom is 0.327 e. The molecule has 0 heterocycles. The van der Waals surface area contributed by atoms with Gasteiger partial charge in [-0.25, -0.2) is 4.79 Å². The van der Waals surface area contributed by atoms with E-state index in [1.807, 2.05) is 0 Å². The van der Waals surface area contributed by atoms with Gasteiger partial charge in [0.2, 0.25) is 5.91 Å². The van der Waals surface area contributed by atoms with Gasteiger partial charge in [-0.2, -0.15) is 12.6 Å². The normalized spacial score (nSPS) is 13.0. The largest absolute Gasteiger partial charge is 0.480 e. The maximum absolute atomic E-state index is 11.6. The Bertz CT molecular complexity index is 458. The molecule has 0 bridgehead atoms. The van der Waals surface area contributed by atoms with Crippen LogP contribution in [-0.2, 0) is 9.59 Å². The minimum atomic E-state index is -1.04. The van der Waals surface area contributed by atoms with Crippen LogP contribution in [0.1, 0.15) is 71.1 Å². The second kappa shape index (κ2) is 18.3. The van der Waals surface area contributed by atoms with Gasteiger partial charge in [-0.05, 0) is 38.5 Å². The van der Waals surface area contributed by atoms with Gasteiger partial charge in [0, 0.05) is 12.2 Å². The quantitative estimate of drug-likeness (QED) is 0.198. The van der Waals surface area contributed by atoms with E-state index in [4.69, 9.17) is 5.11 Å². The highest BCUT2D eigenvalue weighted by atomic mass is 32.1. The summed E-state index contributed by atoms with van der Waals surface area (Å²) < 4.78 is 0. The van der Waals surface area contributed by atoms with E-state index in [1.165, 1.54) is 6.42 Å². The number of nitrogens with one attached hydrogen (secondary N) is 1. The lowest BCUT2D eigenvalue weighted by molar-refractivity contribution is -0.141. The summed E-state index contributed by atoms with van der Waals surface area (Å²) in [6.07, 6.45) is 23.1. The lowest BCUT2D eigenvalue weighted by atomic mass is 10.1. The van der Waals surface area contributed by atoms with E-state index < -0.39 is 12.0 Å². The lowest BCUT2D eigenvalue weighted by Gasteiger charge is -2.11. The predicted octanol–water partition coefficient (Wildman–Crippen LogP) is 5.08. The standard InChI is InChI=1S/C21H35NO3S/c1-2-3-4-5-6-7-8-9-10-11-12-13-14-15-16-17-20(23)22-19(18-26)21(24)25/h3-4,6-7,9-10,19,26H,2,5,8,11-18H2,1H3,(H,22,23)(H,24,25)/b4-3-,7-6-,10-9-/t19-/m0/s1. The highest BCUT2D eigenvalue weighted by Gasteiger charge is 2.17. The predicted molar refractivity (Wildman–Crippen MR) is 113 cm³/mol. The number of allylic oxidation sites excluding steroid dienone is 6. The molecule has 0 radical (unpaired) electrons. The molecule has 5 heteroatoms. The van der Waals surface area contributed by atoms with Crippen LogP contribution < -0.4 is 5.32 Å². The Hall–Kier alpha value is -1.49. The van der Waals surface area contributed by atoms with Crippen LogP contribution in [0.15, 0.2) is 36.5 Å². The fraction of sp³-hybridized carbons (Fsp3) is 0.619. The molecule has 1 atom stereocenters. The van der Waals surface area contributed by atoms with Gasteiger partial charge in [0.05, 0.1) is 0 Å². The number of rotatable bonds is 16. The molecule has 0 aliphatic heterocycles. The van der Waals surface area contributed by atoms with E-state index in [-0.39, 0.29) is 11.7 Å². The topological polar surface area (TPSA) is 66.4 Å². The van der Waals surface area contributed by atoms with E-state index >= 15 is 0 Å². The Labute approximate surface area is 164 Å². The van der Waals surface area contributed by atoms with E-state index in [0.29, 0.717) is 6.42 Å². The Morgan fingerprint density at radius 1 is 0.923 bits per heavy atom. The van der Waals surface area contributed by atoms with Crippen molar-refractivity contribution in [3.05, 3.63) is 36.5 Å². The van der Waals surface area contributed by atoms with Crippen molar-refractivity contribution < 1.29 is 14.7 Å². The molecule has 0 aliphatic carbocycles. The van der Waals surface area contributed by atoms with Crippen molar-refractivity contribution in [1.82, 2.24) is 5.32 Å². The van der Waals surface area contributed by atoms with Gasteiger partial charge in [-0.15, -0.1) is 0 Å². The summed E-state index contributed by atoms with van der Waals surface area (Å²) in [4.78, 5) is 22.4. The highest BCUT2D eigenvalue weighted by Crippen LogP contribution is 2.08. The molecule has 0 spiro atoms. The van der Waals surface area contributed by atoms with Crippen LogP contribution in [0.25, 0.3) is 0 Å². The van der Waals surface area contributed by atoms with Crippen LogP contribution in [0.2, 0.25) is 0 Å². The number of hydrogen-bond donors (Lipinski definition) is 3. The summed E-state index contributed by atoms with van der Waals surface area (Å²) in [7, 11) is 0. The summed E-state index contributed by atoms with van der Waals surface area (Å²) in [6, 6.07) is -0.889. The number of aliphatic carboxylic acids is 1. The summed E-state index contributed by atoms with van der Waals surface area (Å²) in [5.41, 5.74) is 0. The van der Waals surface area contributed by atoms with Crippen molar-refractivity contribution in [3.63, 3.8) is 0 Å². The van der Waals surface area contributed by atoms with Crippen LogP contribution in [-0.4, -0.2) is 28.8 Å². The van der Waals surface area contributed by atoms with Gasteiger partial charge in [0.15, 0.2) is 0 Å². The minimum absolute atomic E-state index is 0.111. The summed E-state index contributed by atoms with van der Waals surface area (Å²) in [5.74, 6) is -1.13. The second-order valence-corrected chi connectivity index (χ2v) is 6.61. The van der Waals surface area contributed by atoms with Gasteiger partial charge in [0.25, 0.3) is 0 Å². The molecule has 0 saturated carbocycles. The third kappa shape index (κ3) is 16.0.